The van der Waals surface area contributed by atoms with Crippen LogP contribution in [0.25, 0.3) is 22.1 Å². The number of hydrogen-bond acceptors (Lipinski definition) is 8. The fourth-order valence-corrected chi connectivity index (χ4v) is 7.93. The van der Waals surface area contributed by atoms with Crippen molar-refractivity contribution in [3.05, 3.63) is 89.1 Å². The predicted molar refractivity (Wildman–Crippen MR) is 233 cm³/mol. The van der Waals surface area contributed by atoms with Gasteiger partial charge in [-0.25, -0.2) is 4.98 Å². The summed E-state index contributed by atoms with van der Waals surface area (Å²) in [5.41, 5.74) is 5.91. The molecule has 0 bridgehead atoms. The topological polar surface area (TPSA) is 150 Å². The molecule has 6 aromatic rings. The van der Waals surface area contributed by atoms with Crippen LogP contribution in [-0.2, 0) is 37.7 Å². The lowest BCUT2D eigenvalue weighted by Crippen LogP contribution is -2.41. The number of imidazole rings is 2. The Morgan fingerprint density at radius 2 is 1.49 bits per heavy atom. The number of aryl methyl sites for hydroxylation is 5. The second-order valence-electron chi connectivity index (χ2n) is 16.1. The van der Waals surface area contributed by atoms with Crippen LogP contribution in [-0.4, -0.2) is 78.7 Å². The highest BCUT2D eigenvalue weighted by Gasteiger charge is 2.36. The number of carbonyl (C=O) groups is 2. The van der Waals surface area contributed by atoms with Crippen molar-refractivity contribution in [2.45, 2.75) is 99.2 Å². The van der Waals surface area contributed by atoms with Crippen molar-refractivity contribution in [3.8, 4) is 11.5 Å². The molecule has 4 heterocycles. The van der Waals surface area contributed by atoms with Crippen LogP contribution in [0.1, 0.15) is 73.4 Å². The Balaban J connectivity index is 1.34. The first-order valence-corrected chi connectivity index (χ1v) is 23.1. The minimum atomic E-state index is -1.89. The molecule has 0 spiro atoms. The van der Waals surface area contributed by atoms with Gasteiger partial charge in [-0.05, 0) is 82.2 Å². The van der Waals surface area contributed by atoms with Gasteiger partial charge in [0.05, 0.1) is 36.1 Å². The van der Waals surface area contributed by atoms with Crippen molar-refractivity contribution < 1.29 is 23.5 Å². The van der Waals surface area contributed by atoms with E-state index in [9.17, 15) is 9.59 Å². The highest BCUT2D eigenvalue weighted by molar-refractivity contribution is 6.74. The molecule has 2 aromatic carbocycles. The van der Waals surface area contributed by atoms with Crippen molar-refractivity contribution >= 4 is 48.1 Å². The Kier molecular flexibility index (Phi) is 12.8. The number of rotatable bonds is 16. The Labute approximate surface area is 346 Å². The molecule has 0 saturated carbocycles. The average molecular weight is 823 g/mol. The highest BCUT2D eigenvalue weighted by Crippen LogP contribution is 2.36. The molecule has 15 nitrogen and oxygen atoms in total. The summed E-state index contributed by atoms with van der Waals surface area (Å²) < 4.78 is 27.8. The SMILES string of the molecule is CCn1nc(C)cc1C(=O)N=c1n(C)c2cccc(OC)c2n1C/C=C/Cn1c(NC(=O)c2cc(C)nn2CC)nc2cccc(OCCCO[Si](C)(C)C(C)(C)C)c21. The number of carbonyl (C=O) groups excluding carboxylic acids is 2. The van der Waals surface area contributed by atoms with Crippen LogP contribution < -0.4 is 20.4 Å². The molecule has 0 atom stereocenters. The van der Waals surface area contributed by atoms with Gasteiger partial charge in [-0.15, -0.1) is 0 Å². The van der Waals surface area contributed by atoms with E-state index in [0.717, 1.165) is 34.4 Å². The van der Waals surface area contributed by atoms with E-state index in [4.69, 9.17) is 18.9 Å². The molecule has 16 heteroatoms. The average Bonchev–Trinajstić information content (AvgIpc) is 3.94. The number of methoxy groups -OCH3 is 1. The number of aromatic nitrogens is 8. The third kappa shape index (κ3) is 8.98. The maximum Gasteiger partial charge on any atom is 0.298 e. The van der Waals surface area contributed by atoms with Crippen LogP contribution in [0.4, 0.5) is 5.95 Å². The number of hydrogen-bond donors (Lipinski definition) is 1. The normalized spacial score (nSPS) is 12.7. The van der Waals surface area contributed by atoms with Gasteiger partial charge < -0.3 is 27.6 Å². The van der Waals surface area contributed by atoms with Gasteiger partial charge in [-0.1, -0.05) is 45.1 Å². The molecule has 0 fully saturated rings. The Bertz CT molecular complexity index is 2580. The maximum atomic E-state index is 13.7. The molecule has 0 aliphatic heterocycles. The predicted octanol–water partition coefficient (Wildman–Crippen LogP) is 7.43. The summed E-state index contributed by atoms with van der Waals surface area (Å²) in [5.74, 6) is 0.974. The van der Waals surface area contributed by atoms with E-state index >= 15 is 0 Å². The fraction of sp³-hybridized carbons (Fsp3) is 0.442. The van der Waals surface area contributed by atoms with Crippen LogP contribution in [0.3, 0.4) is 0 Å². The van der Waals surface area contributed by atoms with E-state index < -0.39 is 8.32 Å². The molecule has 59 heavy (non-hydrogen) atoms. The number of anilines is 1. The zero-order chi connectivity index (χ0) is 42.6. The highest BCUT2D eigenvalue weighted by atomic mass is 28.4. The number of fused-ring (bicyclic) bond motifs is 2. The third-order valence-electron chi connectivity index (χ3n) is 10.9. The number of nitrogens with one attached hydrogen (secondary N) is 1. The summed E-state index contributed by atoms with van der Waals surface area (Å²) in [6.07, 6.45) is 4.73. The molecule has 2 amide bonds. The molecule has 4 aromatic heterocycles. The van der Waals surface area contributed by atoms with Gasteiger partial charge in [-0.2, -0.15) is 15.2 Å². The van der Waals surface area contributed by atoms with E-state index in [1.54, 1.807) is 28.6 Å². The van der Waals surface area contributed by atoms with Crippen molar-refractivity contribution in [1.29, 1.82) is 0 Å². The molecular weight excluding hydrogens is 765 g/mol. The largest absolute Gasteiger partial charge is 0.494 e. The number of nitrogens with zero attached hydrogens (tertiary/aromatic N) is 9. The van der Waals surface area contributed by atoms with Crippen LogP contribution in [0, 0.1) is 13.8 Å². The second kappa shape index (κ2) is 17.6. The van der Waals surface area contributed by atoms with E-state index in [1.807, 2.05) is 97.0 Å². The first-order valence-electron chi connectivity index (χ1n) is 20.2. The summed E-state index contributed by atoms with van der Waals surface area (Å²) in [7, 11) is 1.63. The van der Waals surface area contributed by atoms with Crippen molar-refractivity contribution in [2.75, 3.05) is 25.6 Å². The van der Waals surface area contributed by atoms with Crippen molar-refractivity contribution in [1.82, 2.24) is 38.2 Å². The van der Waals surface area contributed by atoms with Gasteiger partial charge in [0, 0.05) is 46.3 Å². The smallest absolute Gasteiger partial charge is 0.298 e. The summed E-state index contributed by atoms with van der Waals surface area (Å²) in [4.78, 5) is 37.0. The standard InChI is InChI=1S/C43H58N10O5Si/c1-12-52-33(27-29(3)47-52)39(54)45-41-44-31-19-16-22-36(57-25-18-26-58-59(10,11)43(5,6)7)37(31)50(41)23-14-15-24-51-38-32(20-17-21-35(38)56-9)49(8)42(51)46-40(55)34-28-30(4)48-53(34)13-2/h14-17,19-22,27-28H,12-13,18,23-26H2,1-11H3,(H,44,45,54)/b15-14+,46-42?. The molecule has 0 aliphatic carbocycles. The van der Waals surface area contributed by atoms with E-state index in [-0.39, 0.29) is 16.9 Å². The fourth-order valence-electron chi connectivity index (χ4n) is 6.84. The molecule has 6 rings (SSSR count). The summed E-state index contributed by atoms with van der Waals surface area (Å²) in [6, 6.07) is 15.1. The van der Waals surface area contributed by atoms with Gasteiger partial charge in [-0.3, -0.25) is 24.3 Å². The maximum absolute atomic E-state index is 13.7. The zero-order valence-corrected chi connectivity index (χ0v) is 37.3. The number of benzene rings is 2. The summed E-state index contributed by atoms with van der Waals surface area (Å²) in [6.45, 7) is 21.7. The molecular formula is C43H58N10O5Si. The molecule has 314 valence electrons. The lowest BCUT2D eigenvalue weighted by molar-refractivity contribution is 0.0983. The lowest BCUT2D eigenvalue weighted by Gasteiger charge is -2.36. The van der Waals surface area contributed by atoms with Crippen LogP contribution >= 0.6 is 0 Å². The summed E-state index contributed by atoms with van der Waals surface area (Å²) in [5, 5.41) is 12.1. The summed E-state index contributed by atoms with van der Waals surface area (Å²) >= 11 is 0. The van der Waals surface area contributed by atoms with E-state index in [0.29, 0.717) is 79.4 Å². The van der Waals surface area contributed by atoms with Crippen LogP contribution in [0.15, 0.2) is 65.7 Å². The Hall–Kier alpha value is -5.74. The molecule has 0 saturated heterocycles. The zero-order valence-electron chi connectivity index (χ0n) is 36.3. The van der Waals surface area contributed by atoms with Crippen molar-refractivity contribution in [2.24, 2.45) is 12.0 Å². The van der Waals surface area contributed by atoms with Gasteiger partial charge in [0.15, 0.2) is 8.32 Å². The molecule has 0 unspecified atom stereocenters. The lowest BCUT2D eigenvalue weighted by atomic mass is 10.2. The monoisotopic (exact) mass is 822 g/mol. The van der Waals surface area contributed by atoms with E-state index in [2.05, 4.69) is 54.4 Å². The molecule has 0 radical (unpaired) electrons. The van der Waals surface area contributed by atoms with Gasteiger partial charge in [0.2, 0.25) is 11.6 Å². The Morgan fingerprint density at radius 3 is 2.15 bits per heavy atom. The number of allylic oxidation sites excluding steroid dienone is 2. The van der Waals surface area contributed by atoms with Crippen LogP contribution in [0.2, 0.25) is 18.1 Å². The quantitative estimate of drug-likeness (QED) is 0.0602. The molecule has 1 N–H and O–H groups in total. The number of ether oxygens (including phenoxy) is 2. The van der Waals surface area contributed by atoms with E-state index in [1.165, 1.54) is 0 Å². The Morgan fingerprint density at radius 1 is 0.864 bits per heavy atom. The number of amides is 2. The first kappa shape index (κ1) is 42.9. The minimum absolute atomic E-state index is 0.123. The first-order chi connectivity index (χ1) is 28.1. The molecule has 0 aliphatic rings. The minimum Gasteiger partial charge on any atom is -0.494 e. The van der Waals surface area contributed by atoms with Gasteiger partial charge >= 0.3 is 0 Å². The second-order valence-corrected chi connectivity index (χ2v) is 20.9. The van der Waals surface area contributed by atoms with Crippen molar-refractivity contribution in [3.63, 3.8) is 0 Å². The van der Waals surface area contributed by atoms with Gasteiger partial charge in [0.1, 0.15) is 33.9 Å². The van der Waals surface area contributed by atoms with Gasteiger partial charge in [0.25, 0.3) is 11.8 Å². The van der Waals surface area contributed by atoms with Crippen LogP contribution in [0.5, 0.6) is 11.5 Å². The third-order valence-corrected chi connectivity index (χ3v) is 15.5. The number of para-hydroxylation sites is 2.